The number of ether oxygens (including phenoxy) is 1. The number of carboxylic acids is 1. The number of hydrogen-bond acceptors (Lipinski definition) is 4. The fourth-order valence-electron chi connectivity index (χ4n) is 0.0393. The summed E-state index contributed by atoms with van der Waals surface area (Å²) in [7, 11) is 3.25. The highest BCUT2D eigenvalue weighted by Gasteiger charge is 1.65. The highest BCUT2D eigenvalue weighted by atomic mass is 16.4. The molecule has 0 aromatic heterocycles. The molecule has 0 fully saturated rings. The van der Waals surface area contributed by atoms with Gasteiger partial charge in [-0.3, -0.25) is 4.79 Å². The van der Waals surface area contributed by atoms with Crippen LogP contribution < -0.4 is 0 Å². The first-order valence-corrected chi connectivity index (χ1v) is 3.03. The van der Waals surface area contributed by atoms with Gasteiger partial charge in [-0.15, -0.1) is 0 Å². The molecule has 0 saturated carbocycles. The predicted molar refractivity (Wildman–Crippen MR) is 43.0 cm³/mol. The van der Waals surface area contributed by atoms with Crippen molar-refractivity contribution in [3.8, 4) is 0 Å². The van der Waals surface area contributed by atoms with Gasteiger partial charge in [-0.1, -0.05) is 0 Å². The number of carbonyl (C=O) groups is 3. The fourth-order valence-corrected chi connectivity index (χ4v) is 0.0393. The molecule has 72 valence electrons. The summed E-state index contributed by atoms with van der Waals surface area (Å²) in [6.07, 6.45) is 1.15. The topological polar surface area (TPSA) is 80.7 Å². The standard InChI is InChI=1S/C3H4O2.C2H4O2.C2H6O/c4-2-1-3-5;1-2(3)4;1-3-2/h2-3H,1H2;1H3,(H,3,4);1-2H3. The molecule has 0 heterocycles. The maximum atomic E-state index is 9.17. The molecule has 0 aliphatic heterocycles. The molecule has 0 saturated heterocycles. The van der Waals surface area contributed by atoms with Crippen molar-refractivity contribution in [3.05, 3.63) is 0 Å². The third-order valence-electron chi connectivity index (χ3n) is 0.192. The summed E-state index contributed by atoms with van der Waals surface area (Å²) in [5, 5.41) is 7.42. The molecule has 0 aromatic carbocycles. The van der Waals surface area contributed by atoms with Gasteiger partial charge >= 0.3 is 0 Å². The monoisotopic (exact) mass is 178 g/mol. The van der Waals surface area contributed by atoms with E-state index in [-0.39, 0.29) is 6.42 Å². The van der Waals surface area contributed by atoms with Gasteiger partial charge in [0.15, 0.2) is 0 Å². The number of rotatable bonds is 2. The van der Waals surface area contributed by atoms with Crippen LogP contribution in [0.1, 0.15) is 13.3 Å². The average Bonchev–Trinajstić information content (AvgIpc) is 1.89. The van der Waals surface area contributed by atoms with Crippen molar-refractivity contribution in [2.45, 2.75) is 13.3 Å². The van der Waals surface area contributed by atoms with Crippen LogP contribution in [-0.2, 0) is 19.1 Å². The number of methoxy groups -OCH3 is 1. The summed E-state index contributed by atoms with van der Waals surface area (Å²) in [5.41, 5.74) is 0. The summed E-state index contributed by atoms with van der Waals surface area (Å²) in [4.78, 5) is 27.3. The van der Waals surface area contributed by atoms with Gasteiger partial charge in [0.25, 0.3) is 5.97 Å². The number of hydrogen-bond donors (Lipinski definition) is 1. The van der Waals surface area contributed by atoms with E-state index in [9.17, 15) is 9.59 Å². The molecule has 0 spiro atoms. The maximum absolute atomic E-state index is 9.17. The number of aliphatic carboxylic acids is 1. The predicted octanol–water partition coefficient (Wildman–Crippen LogP) is 0.128. The molecule has 0 bridgehead atoms. The largest absolute Gasteiger partial charge is 0.481 e. The van der Waals surface area contributed by atoms with Crippen LogP contribution in [0.3, 0.4) is 0 Å². The molecule has 0 atom stereocenters. The Hall–Kier alpha value is -1.23. The van der Waals surface area contributed by atoms with Crippen molar-refractivity contribution in [1.29, 1.82) is 0 Å². The van der Waals surface area contributed by atoms with E-state index in [1.165, 1.54) is 0 Å². The van der Waals surface area contributed by atoms with Gasteiger partial charge in [0.05, 0.1) is 6.42 Å². The molecule has 0 rings (SSSR count). The van der Waals surface area contributed by atoms with E-state index in [1.807, 2.05) is 0 Å². The minimum atomic E-state index is -0.833. The summed E-state index contributed by atoms with van der Waals surface area (Å²) in [6.45, 7) is 1.08. The zero-order valence-electron chi connectivity index (χ0n) is 7.44. The number of carboxylic acid groups (broad SMARTS) is 1. The van der Waals surface area contributed by atoms with E-state index in [0.29, 0.717) is 12.6 Å². The Morgan fingerprint density at radius 1 is 1.33 bits per heavy atom. The number of aldehydes is 2. The summed E-state index contributed by atoms with van der Waals surface area (Å²) in [5.74, 6) is -0.833. The molecule has 0 unspecified atom stereocenters. The van der Waals surface area contributed by atoms with Gasteiger partial charge in [-0.25, -0.2) is 0 Å². The van der Waals surface area contributed by atoms with Gasteiger partial charge in [-0.05, 0) is 0 Å². The Labute approximate surface area is 71.3 Å². The number of carbonyl (C=O) groups excluding carboxylic acids is 2. The molecule has 0 aliphatic rings. The first kappa shape index (κ1) is 17.0. The van der Waals surface area contributed by atoms with Crippen LogP contribution >= 0.6 is 0 Å². The lowest BCUT2D eigenvalue weighted by Crippen LogP contribution is -1.78. The summed E-state index contributed by atoms with van der Waals surface area (Å²) >= 11 is 0. The first-order valence-electron chi connectivity index (χ1n) is 3.03. The molecule has 0 aromatic rings. The molecule has 5 heteroatoms. The van der Waals surface area contributed by atoms with Gasteiger partial charge in [-0.2, -0.15) is 0 Å². The van der Waals surface area contributed by atoms with Crippen molar-refractivity contribution >= 4 is 18.5 Å². The van der Waals surface area contributed by atoms with Crippen molar-refractivity contribution < 1.29 is 24.2 Å². The van der Waals surface area contributed by atoms with Crippen LogP contribution in [0.15, 0.2) is 0 Å². The molecule has 1 N–H and O–H groups in total. The zero-order chi connectivity index (χ0) is 10.4. The van der Waals surface area contributed by atoms with Gasteiger partial charge in [0.1, 0.15) is 12.6 Å². The minimum Gasteiger partial charge on any atom is -0.481 e. The van der Waals surface area contributed by atoms with Crippen molar-refractivity contribution in [3.63, 3.8) is 0 Å². The van der Waals surface area contributed by atoms with Crippen LogP contribution in [0.4, 0.5) is 0 Å². The normalized spacial score (nSPS) is 6.25. The third-order valence-corrected chi connectivity index (χ3v) is 0.192. The molecule has 0 aliphatic carbocycles. The quantitative estimate of drug-likeness (QED) is 0.480. The van der Waals surface area contributed by atoms with Gasteiger partial charge < -0.3 is 19.4 Å². The second kappa shape index (κ2) is 22.6. The lowest BCUT2D eigenvalue weighted by molar-refractivity contribution is -0.134. The van der Waals surface area contributed by atoms with Crippen LogP contribution in [0.5, 0.6) is 0 Å². The van der Waals surface area contributed by atoms with E-state index in [0.717, 1.165) is 6.92 Å². The highest BCUT2D eigenvalue weighted by molar-refractivity contribution is 5.72. The van der Waals surface area contributed by atoms with E-state index < -0.39 is 5.97 Å². The van der Waals surface area contributed by atoms with Crippen LogP contribution in [0, 0.1) is 0 Å². The van der Waals surface area contributed by atoms with E-state index in [4.69, 9.17) is 9.90 Å². The maximum Gasteiger partial charge on any atom is 0.300 e. The second-order valence-corrected chi connectivity index (χ2v) is 1.50. The molecule has 5 nitrogen and oxygen atoms in total. The van der Waals surface area contributed by atoms with Crippen LogP contribution in [0.2, 0.25) is 0 Å². The third kappa shape index (κ3) is 893. The van der Waals surface area contributed by atoms with Crippen LogP contribution in [0.25, 0.3) is 0 Å². The molecular weight excluding hydrogens is 164 g/mol. The van der Waals surface area contributed by atoms with E-state index in [1.54, 1.807) is 14.2 Å². The van der Waals surface area contributed by atoms with E-state index >= 15 is 0 Å². The lowest BCUT2D eigenvalue weighted by Gasteiger charge is -1.61. The Kier molecular flexibility index (Phi) is 32.0. The van der Waals surface area contributed by atoms with Gasteiger partial charge in [0.2, 0.25) is 0 Å². The summed E-state index contributed by atoms with van der Waals surface area (Å²) < 4.78 is 4.25. The molecular formula is C7H14O5. The molecule has 0 amide bonds. The Bertz CT molecular complexity index is 100. The first-order chi connectivity index (χ1) is 5.56. The fraction of sp³-hybridized carbons (Fsp3) is 0.571. The zero-order valence-corrected chi connectivity index (χ0v) is 7.44. The van der Waals surface area contributed by atoms with Crippen molar-refractivity contribution in [2.24, 2.45) is 0 Å². The lowest BCUT2D eigenvalue weighted by atomic mass is 10.6. The van der Waals surface area contributed by atoms with E-state index in [2.05, 4.69) is 4.74 Å². The Morgan fingerprint density at radius 2 is 1.50 bits per heavy atom. The van der Waals surface area contributed by atoms with Gasteiger partial charge in [0, 0.05) is 21.1 Å². The SMILES string of the molecule is CC(=O)O.COC.O=CCC=O. The average molecular weight is 178 g/mol. The molecule has 0 radical (unpaired) electrons. The highest BCUT2D eigenvalue weighted by Crippen LogP contribution is 1.50. The van der Waals surface area contributed by atoms with Crippen LogP contribution in [-0.4, -0.2) is 37.9 Å². The molecule has 12 heavy (non-hydrogen) atoms. The summed E-state index contributed by atoms with van der Waals surface area (Å²) in [6, 6.07) is 0. The minimum absolute atomic E-state index is 0.0278. The van der Waals surface area contributed by atoms with Crippen molar-refractivity contribution in [2.75, 3.05) is 14.2 Å². The Morgan fingerprint density at radius 3 is 1.50 bits per heavy atom. The van der Waals surface area contributed by atoms with Crippen molar-refractivity contribution in [1.82, 2.24) is 0 Å². The second-order valence-electron chi connectivity index (χ2n) is 1.50. The smallest absolute Gasteiger partial charge is 0.300 e. The Balaban J connectivity index is -0.000000105.